The molecule has 0 spiro atoms. The number of rotatable bonds is 1. The third-order valence-corrected chi connectivity index (χ3v) is 2.07. The number of imide groups is 1. The highest BCUT2D eigenvalue weighted by Gasteiger charge is 2.29. The zero-order chi connectivity index (χ0) is 10.3. The first-order valence-corrected chi connectivity index (χ1v) is 4.19. The third-order valence-electron chi connectivity index (χ3n) is 2.07. The molecule has 74 valence electrons. The molecule has 1 aromatic heterocycles. The van der Waals surface area contributed by atoms with E-state index in [2.05, 4.69) is 10.4 Å². The summed E-state index contributed by atoms with van der Waals surface area (Å²) < 4.78 is 1.61. The van der Waals surface area contributed by atoms with Crippen molar-refractivity contribution in [3.63, 3.8) is 0 Å². The summed E-state index contributed by atoms with van der Waals surface area (Å²) in [6.45, 7) is 1.87. The molecule has 0 saturated carbocycles. The molecule has 0 aliphatic carbocycles. The molecular weight excluding hydrogens is 184 g/mol. The van der Waals surface area contributed by atoms with E-state index in [1.807, 2.05) is 0 Å². The normalized spacial score (nSPS) is 16.3. The molecule has 2 heterocycles. The number of nitrogens with one attached hydrogen (secondary N) is 1. The highest BCUT2D eigenvalue weighted by atomic mass is 16.2. The van der Waals surface area contributed by atoms with Crippen molar-refractivity contribution < 1.29 is 9.59 Å². The minimum absolute atomic E-state index is 0.0748. The SMILES string of the molecule is Cc1nn(C)cc1N1CC(=O)NC1=O. The number of urea groups is 1. The fourth-order valence-corrected chi connectivity index (χ4v) is 1.49. The van der Waals surface area contributed by atoms with Gasteiger partial charge in [-0.3, -0.25) is 19.7 Å². The zero-order valence-corrected chi connectivity index (χ0v) is 7.94. The van der Waals surface area contributed by atoms with Crippen LogP contribution in [0.25, 0.3) is 0 Å². The molecule has 14 heavy (non-hydrogen) atoms. The Morgan fingerprint density at radius 1 is 1.50 bits per heavy atom. The van der Waals surface area contributed by atoms with Gasteiger partial charge >= 0.3 is 6.03 Å². The number of nitrogens with zero attached hydrogens (tertiary/aromatic N) is 3. The zero-order valence-electron chi connectivity index (χ0n) is 7.94. The molecule has 1 aliphatic heterocycles. The molecule has 3 amide bonds. The smallest absolute Gasteiger partial charge is 0.281 e. The lowest BCUT2D eigenvalue weighted by Gasteiger charge is -2.10. The van der Waals surface area contributed by atoms with E-state index in [4.69, 9.17) is 0 Å². The van der Waals surface area contributed by atoms with Crippen LogP contribution in [0.2, 0.25) is 0 Å². The molecule has 1 aliphatic rings. The summed E-state index contributed by atoms with van der Waals surface area (Å²) in [6.07, 6.45) is 1.72. The van der Waals surface area contributed by atoms with Gasteiger partial charge in [0.05, 0.1) is 11.4 Å². The summed E-state index contributed by atoms with van der Waals surface area (Å²) in [6, 6.07) is -0.383. The van der Waals surface area contributed by atoms with Gasteiger partial charge in [0, 0.05) is 13.2 Å². The van der Waals surface area contributed by atoms with Crippen molar-refractivity contribution in [1.82, 2.24) is 15.1 Å². The lowest BCUT2D eigenvalue weighted by molar-refractivity contribution is -0.117. The molecule has 6 nitrogen and oxygen atoms in total. The number of amides is 3. The monoisotopic (exact) mass is 194 g/mol. The van der Waals surface area contributed by atoms with E-state index in [1.165, 1.54) is 4.90 Å². The van der Waals surface area contributed by atoms with Gasteiger partial charge in [-0.05, 0) is 6.92 Å². The van der Waals surface area contributed by atoms with Crippen molar-refractivity contribution in [1.29, 1.82) is 0 Å². The van der Waals surface area contributed by atoms with Crippen molar-refractivity contribution in [2.75, 3.05) is 11.4 Å². The summed E-state index contributed by atoms with van der Waals surface area (Å²) in [5, 5.41) is 6.31. The van der Waals surface area contributed by atoms with E-state index in [1.54, 1.807) is 24.9 Å². The molecule has 0 atom stereocenters. The largest absolute Gasteiger partial charge is 0.329 e. The van der Waals surface area contributed by atoms with Crippen LogP contribution in [0, 0.1) is 6.92 Å². The number of aryl methyl sites for hydroxylation is 2. The number of hydrogen-bond donors (Lipinski definition) is 1. The van der Waals surface area contributed by atoms with E-state index in [0.29, 0.717) is 5.69 Å². The van der Waals surface area contributed by atoms with Gasteiger partial charge < -0.3 is 0 Å². The number of carbonyl (C=O) groups is 2. The van der Waals surface area contributed by atoms with Crippen LogP contribution in [0.5, 0.6) is 0 Å². The molecule has 1 aromatic rings. The third kappa shape index (κ3) is 1.24. The number of hydrogen-bond acceptors (Lipinski definition) is 3. The van der Waals surface area contributed by atoms with E-state index in [-0.39, 0.29) is 18.5 Å². The first kappa shape index (κ1) is 8.74. The second kappa shape index (κ2) is 2.83. The summed E-state index contributed by atoms with van der Waals surface area (Å²) in [5.74, 6) is -0.279. The second-order valence-electron chi connectivity index (χ2n) is 3.21. The molecule has 0 bridgehead atoms. The molecular formula is C8H10N4O2. The topological polar surface area (TPSA) is 67.2 Å². The van der Waals surface area contributed by atoms with E-state index in [9.17, 15) is 9.59 Å². The van der Waals surface area contributed by atoms with Gasteiger partial charge in [0.2, 0.25) is 5.91 Å². The summed E-state index contributed by atoms with van der Waals surface area (Å²) >= 11 is 0. The van der Waals surface area contributed by atoms with Gasteiger partial charge in [-0.15, -0.1) is 0 Å². The maximum atomic E-state index is 11.3. The predicted octanol–water partition coefficient (Wildman–Crippen LogP) is -0.215. The standard InChI is InChI=1S/C8H10N4O2/c1-5-6(3-11(2)10-5)12-4-7(13)9-8(12)14/h3H,4H2,1-2H3,(H,9,13,14). The van der Waals surface area contributed by atoms with E-state index in [0.717, 1.165) is 5.69 Å². The maximum Gasteiger partial charge on any atom is 0.329 e. The quantitative estimate of drug-likeness (QED) is 0.629. The Morgan fingerprint density at radius 2 is 2.21 bits per heavy atom. The van der Waals surface area contributed by atoms with Gasteiger partial charge in [0.1, 0.15) is 6.54 Å². The predicted molar refractivity (Wildman–Crippen MR) is 48.8 cm³/mol. The maximum absolute atomic E-state index is 11.3. The first-order chi connectivity index (χ1) is 6.58. The van der Waals surface area contributed by atoms with Crippen molar-refractivity contribution in [2.24, 2.45) is 7.05 Å². The molecule has 0 radical (unpaired) electrons. The van der Waals surface area contributed by atoms with Crippen LogP contribution in [-0.2, 0) is 11.8 Å². The average molecular weight is 194 g/mol. The lowest BCUT2D eigenvalue weighted by atomic mass is 10.3. The van der Waals surface area contributed by atoms with Gasteiger partial charge in [0.15, 0.2) is 0 Å². The molecule has 1 fully saturated rings. The van der Waals surface area contributed by atoms with Crippen LogP contribution in [0.15, 0.2) is 6.20 Å². The van der Waals surface area contributed by atoms with Gasteiger partial charge in [-0.25, -0.2) is 4.79 Å². The number of anilines is 1. The molecule has 6 heteroatoms. The Hall–Kier alpha value is -1.85. The highest BCUT2D eigenvalue weighted by molar-refractivity contribution is 6.12. The molecule has 1 saturated heterocycles. The molecule has 0 unspecified atom stereocenters. The van der Waals surface area contributed by atoms with E-state index >= 15 is 0 Å². The van der Waals surface area contributed by atoms with Crippen molar-refractivity contribution in [3.8, 4) is 0 Å². The highest BCUT2D eigenvalue weighted by Crippen LogP contribution is 2.19. The fraction of sp³-hybridized carbons (Fsp3) is 0.375. The Balaban J connectivity index is 2.36. The Bertz CT molecular complexity index is 409. The number of aromatic nitrogens is 2. The summed E-state index contributed by atoms with van der Waals surface area (Å²) in [5.41, 5.74) is 1.41. The van der Waals surface area contributed by atoms with E-state index < -0.39 is 0 Å². The van der Waals surface area contributed by atoms with Crippen LogP contribution >= 0.6 is 0 Å². The second-order valence-corrected chi connectivity index (χ2v) is 3.21. The van der Waals surface area contributed by atoms with Crippen molar-refractivity contribution in [2.45, 2.75) is 6.92 Å². The Morgan fingerprint density at radius 3 is 2.64 bits per heavy atom. The van der Waals surface area contributed by atoms with Crippen LogP contribution in [0.1, 0.15) is 5.69 Å². The minimum atomic E-state index is -0.383. The number of carbonyl (C=O) groups excluding carboxylic acids is 2. The first-order valence-electron chi connectivity index (χ1n) is 4.19. The van der Waals surface area contributed by atoms with Crippen LogP contribution in [0.3, 0.4) is 0 Å². The minimum Gasteiger partial charge on any atom is -0.281 e. The van der Waals surface area contributed by atoms with Gasteiger partial charge in [-0.2, -0.15) is 5.10 Å². The lowest BCUT2D eigenvalue weighted by Crippen LogP contribution is -2.28. The molecule has 1 N–H and O–H groups in total. The fourth-order valence-electron chi connectivity index (χ4n) is 1.49. The average Bonchev–Trinajstić information content (AvgIpc) is 2.55. The van der Waals surface area contributed by atoms with Crippen molar-refractivity contribution in [3.05, 3.63) is 11.9 Å². The van der Waals surface area contributed by atoms with Gasteiger partial charge in [-0.1, -0.05) is 0 Å². The Labute approximate surface area is 80.5 Å². The molecule has 0 aromatic carbocycles. The summed E-state index contributed by atoms with van der Waals surface area (Å²) in [4.78, 5) is 23.6. The van der Waals surface area contributed by atoms with Crippen molar-refractivity contribution >= 4 is 17.6 Å². The molecule has 2 rings (SSSR count). The summed E-state index contributed by atoms with van der Waals surface area (Å²) in [7, 11) is 1.77. The van der Waals surface area contributed by atoms with Crippen LogP contribution < -0.4 is 10.2 Å². The Kier molecular flexibility index (Phi) is 1.77. The van der Waals surface area contributed by atoms with Crippen LogP contribution in [0.4, 0.5) is 10.5 Å². The van der Waals surface area contributed by atoms with Gasteiger partial charge in [0.25, 0.3) is 0 Å². The van der Waals surface area contributed by atoms with Crippen LogP contribution in [-0.4, -0.2) is 28.3 Å².